The number of carbonyl (C=O) groups is 1. The molecule has 1 aromatic rings. The van der Waals surface area contributed by atoms with Crippen LogP contribution in [0.3, 0.4) is 0 Å². The van der Waals surface area contributed by atoms with Crippen LogP contribution in [-0.4, -0.2) is 12.5 Å². The van der Waals surface area contributed by atoms with Gasteiger partial charge in [-0.3, -0.25) is 4.79 Å². The molecule has 0 spiro atoms. The largest absolute Gasteiger partial charge is 0.365 e. The number of quaternary nitrogens is 1. The van der Waals surface area contributed by atoms with Crippen LogP contribution in [-0.2, 0) is 4.79 Å². The molecule has 0 saturated carbocycles. The van der Waals surface area contributed by atoms with Crippen molar-refractivity contribution in [1.29, 1.82) is 0 Å². The van der Waals surface area contributed by atoms with Gasteiger partial charge in [0.1, 0.15) is 6.04 Å². The van der Waals surface area contributed by atoms with Gasteiger partial charge in [0.2, 0.25) is 0 Å². The van der Waals surface area contributed by atoms with Crippen LogP contribution in [0.2, 0.25) is 5.02 Å². The molecule has 1 rings (SSSR count). The van der Waals surface area contributed by atoms with Crippen molar-refractivity contribution in [2.24, 2.45) is 5.73 Å². The third-order valence-electron chi connectivity index (χ3n) is 2.05. The van der Waals surface area contributed by atoms with Gasteiger partial charge in [-0.05, 0) is 19.1 Å². The number of benzene rings is 1. The number of hydrogen-bond acceptors (Lipinski definition) is 1. The van der Waals surface area contributed by atoms with E-state index in [2.05, 4.69) is 0 Å². The zero-order chi connectivity index (χ0) is 10.6. The molecule has 1 amide bonds. The molecule has 0 aliphatic carbocycles. The van der Waals surface area contributed by atoms with E-state index in [1.807, 2.05) is 36.5 Å². The number of amides is 1. The van der Waals surface area contributed by atoms with Crippen molar-refractivity contribution in [3.8, 4) is 0 Å². The third-order valence-corrected chi connectivity index (χ3v) is 2.28. The van der Waals surface area contributed by atoms with Crippen LogP contribution >= 0.6 is 11.6 Å². The molecule has 14 heavy (non-hydrogen) atoms. The minimum Gasteiger partial charge on any atom is -0.365 e. The first-order valence-corrected chi connectivity index (χ1v) is 4.84. The van der Waals surface area contributed by atoms with Crippen molar-refractivity contribution in [3.63, 3.8) is 0 Å². The SMILES string of the molecule is C[C@@H]([NH2+]CC(N)=O)c1cccc(Cl)c1. The van der Waals surface area contributed by atoms with Gasteiger partial charge in [0.05, 0.1) is 0 Å². The Labute approximate surface area is 88.2 Å². The molecule has 76 valence electrons. The Morgan fingerprint density at radius 3 is 2.93 bits per heavy atom. The van der Waals surface area contributed by atoms with Gasteiger partial charge < -0.3 is 11.1 Å². The fourth-order valence-corrected chi connectivity index (χ4v) is 1.42. The molecular weight excluding hydrogens is 200 g/mol. The first kappa shape index (κ1) is 11.0. The van der Waals surface area contributed by atoms with Crippen molar-refractivity contribution >= 4 is 17.5 Å². The average molecular weight is 214 g/mol. The zero-order valence-corrected chi connectivity index (χ0v) is 8.79. The van der Waals surface area contributed by atoms with Gasteiger partial charge in [-0.1, -0.05) is 23.7 Å². The topological polar surface area (TPSA) is 59.7 Å². The Morgan fingerprint density at radius 1 is 1.64 bits per heavy atom. The minimum absolute atomic E-state index is 0.196. The molecule has 0 heterocycles. The first-order valence-electron chi connectivity index (χ1n) is 4.46. The lowest BCUT2D eigenvalue weighted by Crippen LogP contribution is -2.86. The molecule has 0 aromatic heterocycles. The van der Waals surface area contributed by atoms with Gasteiger partial charge >= 0.3 is 0 Å². The van der Waals surface area contributed by atoms with Gasteiger partial charge in [0, 0.05) is 10.6 Å². The van der Waals surface area contributed by atoms with E-state index in [1.54, 1.807) is 0 Å². The Hall–Kier alpha value is -1.06. The van der Waals surface area contributed by atoms with E-state index in [0.29, 0.717) is 11.6 Å². The van der Waals surface area contributed by atoms with Crippen molar-refractivity contribution in [3.05, 3.63) is 34.9 Å². The number of carbonyl (C=O) groups excluding carboxylic acids is 1. The summed E-state index contributed by atoms with van der Waals surface area (Å²) in [4.78, 5) is 10.6. The van der Waals surface area contributed by atoms with Crippen molar-refractivity contribution in [1.82, 2.24) is 0 Å². The van der Waals surface area contributed by atoms with Crippen LogP contribution in [0.25, 0.3) is 0 Å². The fraction of sp³-hybridized carbons (Fsp3) is 0.300. The molecule has 0 radical (unpaired) electrons. The average Bonchev–Trinajstić information content (AvgIpc) is 2.14. The maximum absolute atomic E-state index is 10.6. The van der Waals surface area contributed by atoms with Crippen LogP contribution in [0, 0.1) is 0 Å². The summed E-state index contributed by atoms with van der Waals surface area (Å²) in [5, 5.41) is 2.59. The van der Waals surface area contributed by atoms with Crippen LogP contribution in [0.4, 0.5) is 0 Å². The lowest BCUT2D eigenvalue weighted by atomic mass is 10.1. The molecule has 0 aliphatic rings. The molecule has 1 aromatic carbocycles. The summed E-state index contributed by atoms with van der Waals surface area (Å²) in [6, 6.07) is 7.79. The van der Waals surface area contributed by atoms with Crippen LogP contribution < -0.4 is 11.1 Å². The van der Waals surface area contributed by atoms with Crippen molar-refractivity contribution in [2.75, 3.05) is 6.54 Å². The summed E-state index contributed by atoms with van der Waals surface area (Å²) in [6.45, 7) is 2.31. The first-order chi connectivity index (χ1) is 6.59. The summed E-state index contributed by atoms with van der Waals surface area (Å²) in [5.41, 5.74) is 6.15. The van der Waals surface area contributed by atoms with Crippen LogP contribution in [0.5, 0.6) is 0 Å². The Balaban J connectivity index is 2.60. The molecule has 0 saturated heterocycles. The van der Waals surface area contributed by atoms with Crippen LogP contribution in [0.15, 0.2) is 24.3 Å². The maximum atomic E-state index is 10.6. The molecule has 0 fully saturated rings. The van der Waals surface area contributed by atoms with Crippen molar-refractivity contribution in [2.45, 2.75) is 13.0 Å². The van der Waals surface area contributed by atoms with Crippen LogP contribution in [0.1, 0.15) is 18.5 Å². The predicted molar refractivity (Wildman–Crippen MR) is 55.9 cm³/mol. The zero-order valence-electron chi connectivity index (χ0n) is 8.03. The highest BCUT2D eigenvalue weighted by atomic mass is 35.5. The molecule has 0 bridgehead atoms. The smallest absolute Gasteiger partial charge is 0.272 e. The van der Waals surface area contributed by atoms with E-state index in [1.165, 1.54) is 0 Å². The Bertz CT molecular complexity index is 328. The number of halogens is 1. The van der Waals surface area contributed by atoms with Gasteiger partial charge in [-0.15, -0.1) is 0 Å². The summed E-state index contributed by atoms with van der Waals surface area (Å²) in [7, 11) is 0. The standard InChI is InChI=1S/C10H13ClN2O/c1-7(13-6-10(12)14)8-3-2-4-9(11)5-8/h2-5,7,13H,6H2,1H3,(H2,12,14)/p+1/t7-/m1/s1. The van der Waals surface area contributed by atoms with Gasteiger partial charge in [-0.2, -0.15) is 0 Å². The second-order valence-corrected chi connectivity index (χ2v) is 3.69. The maximum Gasteiger partial charge on any atom is 0.272 e. The van der Waals surface area contributed by atoms with E-state index >= 15 is 0 Å². The summed E-state index contributed by atoms with van der Waals surface area (Å²) in [5.74, 6) is -0.307. The molecule has 4 heteroatoms. The lowest BCUT2D eigenvalue weighted by molar-refractivity contribution is -0.682. The van der Waals surface area contributed by atoms with E-state index in [-0.39, 0.29) is 11.9 Å². The molecule has 0 unspecified atom stereocenters. The molecule has 3 nitrogen and oxygen atoms in total. The number of hydrogen-bond donors (Lipinski definition) is 2. The van der Waals surface area contributed by atoms with E-state index in [9.17, 15) is 4.79 Å². The van der Waals surface area contributed by atoms with Gasteiger partial charge in [-0.25, -0.2) is 0 Å². The highest BCUT2D eigenvalue weighted by Crippen LogP contribution is 2.14. The highest BCUT2D eigenvalue weighted by Gasteiger charge is 2.09. The number of rotatable bonds is 4. The van der Waals surface area contributed by atoms with Crippen molar-refractivity contribution < 1.29 is 10.1 Å². The van der Waals surface area contributed by atoms with Gasteiger partial charge in [0.25, 0.3) is 5.91 Å². The highest BCUT2D eigenvalue weighted by molar-refractivity contribution is 6.30. The summed E-state index contributed by atoms with van der Waals surface area (Å²) in [6.07, 6.45) is 0. The third kappa shape index (κ3) is 3.36. The van der Waals surface area contributed by atoms with E-state index in [0.717, 1.165) is 5.56 Å². The second kappa shape index (κ2) is 4.98. The number of nitrogens with two attached hydrogens (primary N) is 2. The fourth-order valence-electron chi connectivity index (χ4n) is 1.22. The van der Waals surface area contributed by atoms with E-state index < -0.39 is 0 Å². The second-order valence-electron chi connectivity index (χ2n) is 3.25. The normalized spacial score (nSPS) is 12.4. The molecule has 0 aliphatic heterocycles. The monoisotopic (exact) mass is 213 g/mol. The molecule has 1 atom stereocenters. The van der Waals surface area contributed by atoms with E-state index in [4.69, 9.17) is 17.3 Å². The Kier molecular flexibility index (Phi) is 3.92. The quantitative estimate of drug-likeness (QED) is 0.750. The predicted octanol–water partition coefficient (Wildman–Crippen LogP) is 0.450. The molecular formula is C10H14ClN2O+. The van der Waals surface area contributed by atoms with Gasteiger partial charge in [0.15, 0.2) is 6.54 Å². The summed E-state index contributed by atoms with van der Waals surface area (Å²) >= 11 is 5.85. The number of primary amides is 1. The summed E-state index contributed by atoms with van der Waals surface area (Å²) < 4.78 is 0. The molecule has 4 N–H and O–H groups in total. The minimum atomic E-state index is -0.307. The Morgan fingerprint density at radius 2 is 2.36 bits per heavy atom. The lowest BCUT2D eigenvalue weighted by Gasteiger charge is -2.09.